The number of hydrogen-bond acceptors (Lipinski definition) is 4. The second-order valence-corrected chi connectivity index (χ2v) is 5.27. The highest BCUT2D eigenvalue weighted by Gasteiger charge is 2.65. The molecule has 4 rings (SSSR count). The fourth-order valence-electron chi connectivity index (χ4n) is 2.83. The summed E-state index contributed by atoms with van der Waals surface area (Å²) in [5.74, 6) is 1.42. The van der Waals surface area contributed by atoms with Crippen LogP contribution in [0.1, 0.15) is 22.0 Å². The average Bonchev–Trinajstić information content (AvgIpc) is 3.27. The van der Waals surface area contributed by atoms with E-state index >= 15 is 0 Å². The molecule has 2 aliphatic heterocycles. The minimum absolute atomic E-state index is 0.00479. The molecule has 1 fully saturated rings. The standard InChI is InChI=1S/C17H14O4/c1-19-12-8-6-11(7-9-12)16-17(21-16)10-20-14-5-3-2-4-13(14)15(17)18/h2-9,16H,10H2,1H3/t16-,17+/m1/s1. The summed E-state index contributed by atoms with van der Waals surface area (Å²) in [4.78, 5) is 12.7. The molecule has 0 bridgehead atoms. The van der Waals surface area contributed by atoms with E-state index < -0.39 is 5.60 Å². The second-order valence-electron chi connectivity index (χ2n) is 5.27. The zero-order valence-corrected chi connectivity index (χ0v) is 11.5. The van der Waals surface area contributed by atoms with Crippen molar-refractivity contribution >= 4 is 5.78 Å². The normalized spacial score (nSPS) is 26.1. The zero-order valence-electron chi connectivity index (χ0n) is 11.5. The van der Waals surface area contributed by atoms with Gasteiger partial charge in [-0.1, -0.05) is 24.3 Å². The maximum absolute atomic E-state index is 12.7. The first-order valence-corrected chi connectivity index (χ1v) is 6.83. The van der Waals surface area contributed by atoms with Crippen LogP contribution in [0.3, 0.4) is 0 Å². The number of ketones is 1. The third-order valence-electron chi connectivity index (χ3n) is 4.07. The van der Waals surface area contributed by atoms with Crippen molar-refractivity contribution in [2.45, 2.75) is 11.7 Å². The molecule has 106 valence electrons. The Labute approximate surface area is 122 Å². The summed E-state index contributed by atoms with van der Waals surface area (Å²) in [6.45, 7) is 0.263. The Morgan fingerprint density at radius 1 is 1.14 bits per heavy atom. The van der Waals surface area contributed by atoms with Crippen LogP contribution in [0.2, 0.25) is 0 Å². The Morgan fingerprint density at radius 3 is 2.67 bits per heavy atom. The lowest BCUT2D eigenvalue weighted by Crippen LogP contribution is -2.37. The van der Waals surface area contributed by atoms with E-state index in [2.05, 4.69) is 0 Å². The molecular formula is C17H14O4. The van der Waals surface area contributed by atoms with Crippen LogP contribution in [0.5, 0.6) is 11.5 Å². The molecule has 0 unspecified atom stereocenters. The Morgan fingerprint density at radius 2 is 1.90 bits per heavy atom. The molecule has 2 atom stereocenters. The van der Waals surface area contributed by atoms with Gasteiger partial charge in [-0.05, 0) is 29.8 Å². The van der Waals surface area contributed by atoms with Crippen molar-refractivity contribution in [1.29, 1.82) is 0 Å². The SMILES string of the molecule is COc1ccc([C@H]2O[C@]23COc2ccccc2C3=O)cc1. The summed E-state index contributed by atoms with van der Waals surface area (Å²) in [5, 5.41) is 0. The van der Waals surface area contributed by atoms with Gasteiger partial charge in [-0.15, -0.1) is 0 Å². The number of Topliss-reactive ketones (excluding diaryl/α,β-unsaturated/α-hetero) is 1. The molecule has 2 heterocycles. The van der Waals surface area contributed by atoms with Gasteiger partial charge in [-0.3, -0.25) is 4.79 Å². The second kappa shape index (κ2) is 4.33. The molecule has 1 saturated heterocycles. The molecule has 0 radical (unpaired) electrons. The quantitative estimate of drug-likeness (QED) is 0.795. The zero-order chi connectivity index (χ0) is 14.4. The molecule has 4 heteroatoms. The maximum Gasteiger partial charge on any atom is 0.205 e. The Bertz CT molecular complexity index is 707. The van der Waals surface area contributed by atoms with Gasteiger partial charge < -0.3 is 14.2 Å². The summed E-state index contributed by atoms with van der Waals surface area (Å²) < 4.78 is 16.6. The van der Waals surface area contributed by atoms with Crippen LogP contribution in [0.25, 0.3) is 0 Å². The third-order valence-corrected chi connectivity index (χ3v) is 4.07. The fraction of sp³-hybridized carbons (Fsp3) is 0.235. The number of ether oxygens (including phenoxy) is 3. The van der Waals surface area contributed by atoms with Crippen LogP contribution in [0, 0.1) is 0 Å². The van der Waals surface area contributed by atoms with Gasteiger partial charge in [0.05, 0.1) is 12.7 Å². The first-order chi connectivity index (χ1) is 10.2. The van der Waals surface area contributed by atoms with E-state index in [9.17, 15) is 4.79 Å². The summed E-state index contributed by atoms with van der Waals surface area (Å²) >= 11 is 0. The number of methoxy groups -OCH3 is 1. The van der Waals surface area contributed by atoms with Crippen molar-refractivity contribution in [2.24, 2.45) is 0 Å². The van der Waals surface area contributed by atoms with E-state index in [1.165, 1.54) is 0 Å². The lowest BCUT2D eigenvalue weighted by Gasteiger charge is -2.21. The number of carbonyl (C=O) groups is 1. The molecule has 0 amide bonds. The summed E-state index contributed by atoms with van der Waals surface area (Å²) in [6, 6.07) is 14.9. The lowest BCUT2D eigenvalue weighted by molar-refractivity contribution is 0.0755. The Hall–Kier alpha value is -2.33. The summed E-state index contributed by atoms with van der Waals surface area (Å²) in [7, 11) is 1.62. The molecule has 4 nitrogen and oxygen atoms in total. The molecule has 0 aliphatic carbocycles. The van der Waals surface area contributed by atoms with Crippen molar-refractivity contribution in [3.8, 4) is 11.5 Å². The minimum atomic E-state index is -0.858. The van der Waals surface area contributed by atoms with E-state index in [-0.39, 0.29) is 18.5 Å². The molecule has 2 aromatic carbocycles. The number of para-hydroxylation sites is 1. The van der Waals surface area contributed by atoms with Crippen LogP contribution in [-0.4, -0.2) is 25.1 Å². The number of hydrogen-bond donors (Lipinski definition) is 0. The van der Waals surface area contributed by atoms with Crippen molar-refractivity contribution in [3.05, 3.63) is 59.7 Å². The summed E-state index contributed by atoms with van der Waals surface area (Å²) in [6.07, 6.45) is -0.246. The topological polar surface area (TPSA) is 48.1 Å². The average molecular weight is 282 g/mol. The highest BCUT2D eigenvalue weighted by molar-refractivity contribution is 6.07. The third kappa shape index (κ3) is 1.76. The molecule has 21 heavy (non-hydrogen) atoms. The molecule has 0 saturated carbocycles. The first kappa shape index (κ1) is 12.4. The van der Waals surface area contributed by atoms with Gasteiger partial charge in [0.25, 0.3) is 0 Å². The molecule has 1 spiro atoms. The van der Waals surface area contributed by atoms with Gasteiger partial charge in [-0.25, -0.2) is 0 Å². The van der Waals surface area contributed by atoms with Crippen LogP contribution < -0.4 is 9.47 Å². The summed E-state index contributed by atoms with van der Waals surface area (Å²) in [5.41, 5.74) is 0.704. The molecule has 0 N–H and O–H groups in total. The van der Waals surface area contributed by atoms with Crippen LogP contribution in [0.4, 0.5) is 0 Å². The smallest absolute Gasteiger partial charge is 0.205 e. The number of rotatable bonds is 2. The number of benzene rings is 2. The van der Waals surface area contributed by atoms with Crippen molar-refractivity contribution in [1.82, 2.24) is 0 Å². The predicted molar refractivity (Wildman–Crippen MR) is 75.8 cm³/mol. The van der Waals surface area contributed by atoms with Crippen molar-refractivity contribution < 1.29 is 19.0 Å². The first-order valence-electron chi connectivity index (χ1n) is 6.83. The van der Waals surface area contributed by atoms with Crippen LogP contribution in [-0.2, 0) is 4.74 Å². The highest BCUT2D eigenvalue weighted by Crippen LogP contribution is 2.54. The predicted octanol–water partition coefficient (Wildman–Crippen LogP) is 2.78. The van der Waals surface area contributed by atoms with Crippen LogP contribution >= 0.6 is 0 Å². The van der Waals surface area contributed by atoms with Crippen molar-refractivity contribution in [3.63, 3.8) is 0 Å². The van der Waals surface area contributed by atoms with E-state index in [1.54, 1.807) is 13.2 Å². The number of carbonyl (C=O) groups excluding carboxylic acids is 1. The van der Waals surface area contributed by atoms with Crippen molar-refractivity contribution in [2.75, 3.05) is 13.7 Å². The van der Waals surface area contributed by atoms with E-state index in [4.69, 9.17) is 14.2 Å². The minimum Gasteiger partial charge on any atom is -0.497 e. The number of epoxide rings is 1. The van der Waals surface area contributed by atoms with Gasteiger partial charge in [0.1, 0.15) is 24.2 Å². The Kier molecular flexibility index (Phi) is 2.56. The van der Waals surface area contributed by atoms with Gasteiger partial charge in [0.15, 0.2) is 5.60 Å². The van der Waals surface area contributed by atoms with Gasteiger partial charge in [0, 0.05) is 0 Å². The van der Waals surface area contributed by atoms with E-state index in [1.807, 2.05) is 42.5 Å². The van der Waals surface area contributed by atoms with E-state index in [0.29, 0.717) is 11.3 Å². The highest BCUT2D eigenvalue weighted by atomic mass is 16.6. The van der Waals surface area contributed by atoms with Gasteiger partial charge >= 0.3 is 0 Å². The monoisotopic (exact) mass is 282 g/mol. The van der Waals surface area contributed by atoms with Gasteiger partial charge in [0.2, 0.25) is 5.78 Å². The molecule has 0 aromatic heterocycles. The maximum atomic E-state index is 12.7. The Balaban J connectivity index is 1.64. The fourth-order valence-corrected chi connectivity index (χ4v) is 2.83. The largest absolute Gasteiger partial charge is 0.497 e. The lowest BCUT2D eigenvalue weighted by atomic mass is 9.89. The number of fused-ring (bicyclic) bond motifs is 1. The molecular weight excluding hydrogens is 268 g/mol. The molecule has 2 aromatic rings. The van der Waals surface area contributed by atoms with Crippen LogP contribution in [0.15, 0.2) is 48.5 Å². The van der Waals surface area contributed by atoms with E-state index in [0.717, 1.165) is 11.3 Å². The van der Waals surface area contributed by atoms with Gasteiger partial charge in [-0.2, -0.15) is 0 Å². The molecule has 2 aliphatic rings.